The van der Waals surface area contributed by atoms with Crippen LogP contribution in [-0.2, 0) is 14.6 Å². The highest BCUT2D eigenvalue weighted by atomic mass is 32.2. The van der Waals surface area contributed by atoms with Gasteiger partial charge in [0.15, 0.2) is 0 Å². The van der Waals surface area contributed by atoms with E-state index in [1.165, 1.54) is 0 Å². The van der Waals surface area contributed by atoms with Crippen molar-refractivity contribution in [2.45, 2.75) is 39.2 Å². The quantitative estimate of drug-likeness (QED) is 0.539. The second-order valence-corrected chi connectivity index (χ2v) is 7.37. The van der Waals surface area contributed by atoms with E-state index in [0.29, 0.717) is 6.54 Å². The molecule has 0 saturated heterocycles. The van der Waals surface area contributed by atoms with Crippen LogP contribution in [0.15, 0.2) is 0 Å². The Bertz CT molecular complexity index is 369. The van der Waals surface area contributed by atoms with Gasteiger partial charge in [0.05, 0.1) is 18.4 Å². The van der Waals surface area contributed by atoms with Crippen LogP contribution in [0.1, 0.15) is 33.1 Å². The van der Waals surface area contributed by atoms with Gasteiger partial charge in [-0.15, -0.1) is 0 Å². The molecular formula is C12H26N2O4S. The number of nitrogens with two attached hydrogens (primary N) is 1. The van der Waals surface area contributed by atoms with Crippen LogP contribution in [0.4, 0.5) is 0 Å². The Labute approximate surface area is 115 Å². The molecule has 0 bridgehead atoms. The summed E-state index contributed by atoms with van der Waals surface area (Å²) in [5.74, 6) is -0.475. The van der Waals surface area contributed by atoms with E-state index in [1.807, 2.05) is 13.8 Å². The summed E-state index contributed by atoms with van der Waals surface area (Å²) in [6.45, 7) is 4.26. The molecule has 0 aliphatic heterocycles. The van der Waals surface area contributed by atoms with Crippen LogP contribution >= 0.6 is 0 Å². The molecule has 1 amide bonds. The normalized spacial score (nSPS) is 14.2. The molecule has 1 unspecified atom stereocenters. The van der Waals surface area contributed by atoms with Crippen LogP contribution in [0.2, 0.25) is 0 Å². The number of aliphatic hydroxyl groups excluding tert-OH is 1. The summed E-state index contributed by atoms with van der Waals surface area (Å²) in [5.41, 5.74) is 5.31. The van der Waals surface area contributed by atoms with Gasteiger partial charge in [-0.2, -0.15) is 0 Å². The van der Waals surface area contributed by atoms with Gasteiger partial charge in [0.2, 0.25) is 5.91 Å². The molecule has 19 heavy (non-hydrogen) atoms. The van der Waals surface area contributed by atoms with Gasteiger partial charge in [-0.05, 0) is 19.3 Å². The third-order valence-corrected chi connectivity index (χ3v) is 4.59. The first-order valence-corrected chi connectivity index (χ1v) is 8.57. The van der Waals surface area contributed by atoms with E-state index in [1.54, 1.807) is 0 Å². The Kier molecular flexibility index (Phi) is 7.54. The number of nitrogens with one attached hydrogen (secondary N) is 1. The van der Waals surface area contributed by atoms with Crippen molar-refractivity contribution in [2.24, 2.45) is 11.1 Å². The zero-order chi connectivity index (χ0) is 15.1. The average Bonchev–Trinajstić information content (AvgIpc) is 2.37. The van der Waals surface area contributed by atoms with Crippen LogP contribution in [0, 0.1) is 5.41 Å². The number of carbonyl (C=O) groups excluding carboxylic acids is 1. The van der Waals surface area contributed by atoms with E-state index in [0.717, 1.165) is 19.1 Å². The number of hydrogen-bond acceptors (Lipinski definition) is 5. The molecule has 114 valence electrons. The third kappa shape index (κ3) is 6.89. The van der Waals surface area contributed by atoms with Crippen LogP contribution in [0.25, 0.3) is 0 Å². The van der Waals surface area contributed by atoms with Crippen molar-refractivity contribution in [1.82, 2.24) is 5.32 Å². The molecule has 4 N–H and O–H groups in total. The van der Waals surface area contributed by atoms with Gasteiger partial charge in [0.25, 0.3) is 0 Å². The van der Waals surface area contributed by atoms with E-state index in [4.69, 9.17) is 5.73 Å². The van der Waals surface area contributed by atoms with Gasteiger partial charge in [-0.25, -0.2) is 8.42 Å². The molecule has 6 nitrogen and oxygen atoms in total. The van der Waals surface area contributed by atoms with Gasteiger partial charge in [0.1, 0.15) is 9.84 Å². The minimum atomic E-state index is -3.11. The lowest BCUT2D eigenvalue weighted by atomic mass is 9.83. The van der Waals surface area contributed by atoms with Crippen LogP contribution < -0.4 is 11.1 Å². The summed E-state index contributed by atoms with van der Waals surface area (Å²) in [4.78, 5) is 11.7. The number of sulfone groups is 1. The van der Waals surface area contributed by atoms with Crippen molar-refractivity contribution in [3.63, 3.8) is 0 Å². The lowest BCUT2D eigenvalue weighted by Crippen LogP contribution is -2.46. The molecule has 7 heteroatoms. The van der Waals surface area contributed by atoms with Crippen molar-refractivity contribution in [2.75, 3.05) is 25.2 Å². The Balaban J connectivity index is 4.30. The van der Waals surface area contributed by atoms with Crippen molar-refractivity contribution in [3.05, 3.63) is 0 Å². The molecule has 0 saturated carbocycles. The third-order valence-electron chi connectivity index (χ3n) is 3.61. The summed E-state index contributed by atoms with van der Waals surface area (Å²) in [5, 5.41) is 12.1. The first kappa shape index (κ1) is 18.3. The fourth-order valence-electron chi connectivity index (χ4n) is 1.66. The lowest BCUT2D eigenvalue weighted by molar-refractivity contribution is -0.123. The van der Waals surface area contributed by atoms with E-state index in [9.17, 15) is 18.3 Å². The Morgan fingerprint density at radius 2 is 1.89 bits per heavy atom. The van der Waals surface area contributed by atoms with Gasteiger partial charge >= 0.3 is 0 Å². The summed E-state index contributed by atoms with van der Waals surface area (Å²) < 4.78 is 22.0. The largest absolute Gasteiger partial charge is 0.396 e. The minimum Gasteiger partial charge on any atom is -0.396 e. The second kappa shape index (κ2) is 7.81. The molecule has 0 aromatic carbocycles. The fourth-order valence-corrected chi connectivity index (χ4v) is 2.34. The Hall–Kier alpha value is -0.660. The first-order valence-electron chi connectivity index (χ1n) is 6.51. The average molecular weight is 294 g/mol. The van der Waals surface area contributed by atoms with Gasteiger partial charge < -0.3 is 16.2 Å². The standard InChI is InChI=1S/C12H26N2O4S/c1-4-12(5-2,9-15)8-14-11(16)10(13)6-7-19(3,17)18/h10,15H,4-9,13H2,1-3H3,(H,14,16). The van der Waals surface area contributed by atoms with Gasteiger partial charge in [0, 0.05) is 18.2 Å². The van der Waals surface area contributed by atoms with E-state index >= 15 is 0 Å². The SMILES string of the molecule is CCC(CC)(CO)CNC(=O)C(N)CCS(C)(=O)=O. The number of hydrogen-bond donors (Lipinski definition) is 3. The van der Waals surface area contributed by atoms with E-state index in [-0.39, 0.29) is 30.1 Å². The molecule has 0 aliphatic rings. The number of carbonyl (C=O) groups is 1. The van der Waals surface area contributed by atoms with Crippen molar-refractivity contribution >= 4 is 15.7 Å². The monoisotopic (exact) mass is 294 g/mol. The molecule has 0 spiro atoms. The topological polar surface area (TPSA) is 109 Å². The zero-order valence-electron chi connectivity index (χ0n) is 12.0. The maximum atomic E-state index is 11.7. The summed E-state index contributed by atoms with van der Waals surface area (Å²) in [7, 11) is -3.11. The lowest BCUT2D eigenvalue weighted by Gasteiger charge is -2.30. The minimum absolute atomic E-state index is 0.00113. The maximum absolute atomic E-state index is 11.7. The summed E-state index contributed by atoms with van der Waals surface area (Å²) in [6, 6.07) is -0.833. The van der Waals surface area contributed by atoms with Crippen LogP contribution in [-0.4, -0.2) is 50.6 Å². The Morgan fingerprint density at radius 1 is 1.37 bits per heavy atom. The summed E-state index contributed by atoms with van der Waals surface area (Å²) in [6.07, 6.45) is 2.72. The summed E-state index contributed by atoms with van der Waals surface area (Å²) >= 11 is 0. The molecule has 1 atom stereocenters. The van der Waals surface area contributed by atoms with Crippen molar-refractivity contribution < 1.29 is 18.3 Å². The predicted octanol–water partition coefficient (Wildman–Crippen LogP) is -0.337. The van der Waals surface area contributed by atoms with Crippen LogP contribution in [0.5, 0.6) is 0 Å². The molecule has 0 heterocycles. The number of aliphatic hydroxyl groups is 1. The zero-order valence-corrected chi connectivity index (χ0v) is 12.8. The smallest absolute Gasteiger partial charge is 0.236 e. The molecule has 0 rings (SSSR count). The Morgan fingerprint density at radius 3 is 2.26 bits per heavy atom. The van der Waals surface area contributed by atoms with Crippen LogP contribution in [0.3, 0.4) is 0 Å². The predicted molar refractivity (Wildman–Crippen MR) is 75.4 cm³/mol. The van der Waals surface area contributed by atoms with E-state index in [2.05, 4.69) is 5.32 Å². The van der Waals surface area contributed by atoms with E-state index < -0.39 is 15.9 Å². The molecule has 0 aliphatic carbocycles. The number of amides is 1. The second-order valence-electron chi connectivity index (χ2n) is 5.11. The first-order chi connectivity index (χ1) is 8.69. The van der Waals surface area contributed by atoms with Crippen molar-refractivity contribution in [3.8, 4) is 0 Å². The molecule has 0 fully saturated rings. The highest BCUT2D eigenvalue weighted by molar-refractivity contribution is 7.90. The molecule has 0 radical (unpaired) electrons. The maximum Gasteiger partial charge on any atom is 0.236 e. The van der Waals surface area contributed by atoms with Crippen molar-refractivity contribution in [1.29, 1.82) is 0 Å². The number of rotatable bonds is 9. The van der Waals surface area contributed by atoms with Gasteiger partial charge in [-0.1, -0.05) is 13.8 Å². The molecule has 0 aromatic heterocycles. The fraction of sp³-hybridized carbons (Fsp3) is 0.917. The molecular weight excluding hydrogens is 268 g/mol. The highest BCUT2D eigenvalue weighted by Crippen LogP contribution is 2.24. The molecule has 0 aromatic rings. The highest BCUT2D eigenvalue weighted by Gasteiger charge is 2.27. The van der Waals surface area contributed by atoms with Gasteiger partial charge in [-0.3, -0.25) is 4.79 Å².